The fourth-order valence-electron chi connectivity index (χ4n) is 1.52. The van der Waals surface area contributed by atoms with Crippen molar-refractivity contribution in [3.63, 3.8) is 0 Å². The van der Waals surface area contributed by atoms with Crippen LogP contribution < -0.4 is 0 Å². The number of hydrogen-bond donors (Lipinski definition) is 0. The van der Waals surface area contributed by atoms with E-state index in [2.05, 4.69) is 6.92 Å². The average molecular weight is 203 g/mol. The van der Waals surface area contributed by atoms with Gasteiger partial charge in [0.15, 0.2) is 11.0 Å². The lowest BCUT2D eigenvalue weighted by molar-refractivity contribution is -0.121. The summed E-state index contributed by atoms with van der Waals surface area (Å²) in [4.78, 5) is 11.7. The van der Waals surface area contributed by atoms with Gasteiger partial charge in [-0.25, -0.2) is 0 Å². The number of rotatable bonds is 3. The zero-order valence-corrected chi connectivity index (χ0v) is 9.52. The number of Topliss-reactive ketones (excluding diaryl/α,β-unsaturated/α-hetero) is 1. The van der Waals surface area contributed by atoms with Crippen molar-refractivity contribution >= 4 is 16.7 Å². The summed E-state index contributed by atoms with van der Waals surface area (Å²) < 4.78 is 5.29. The Hall–Kier alpha value is -0.0200. The predicted octanol–water partition coefficient (Wildman–Crippen LogP) is 1.25. The standard InChI is InChI=1S/C10H19O2S/c1-8(2)10(11)9(3)13-6-4-12-5-7-13/h8-9H,4-7H2,1-3H3/q+1. The molecule has 0 aliphatic carbocycles. The van der Waals surface area contributed by atoms with Gasteiger partial charge >= 0.3 is 0 Å². The molecular weight excluding hydrogens is 184 g/mol. The van der Waals surface area contributed by atoms with E-state index >= 15 is 0 Å². The molecule has 0 aromatic rings. The molecule has 0 aromatic carbocycles. The Kier molecular flexibility index (Phi) is 4.26. The molecule has 0 N–H and O–H groups in total. The number of ketones is 1. The summed E-state index contributed by atoms with van der Waals surface area (Å²) in [7, 11) is 0.285. The molecular formula is C10H19O2S+. The second kappa shape index (κ2) is 5.01. The van der Waals surface area contributed by atoms with Crippen molar-refractivity contribution in [2.45, 2.75) is 26.0 Å². The predicted molar refractivity (Wildman–Crippen MR) is 57.2 cm³/mol. The molecule has 1 heterocycles. The van der Waals surface area contributed by atoms with Gasteiger partial charge in [-0.15, -0.1) is 0 Å². The Bertz CT molecular complexity index is 174. The van der Waals surface area contributed by atoms with E-state index in [1.165, 1.54) is 0 Å². The smallest absolute Gasteiger partial charge is 0.187 e. The summed E-state index contributed by atoms with van der Waals surface area (Å²) in [6, 6.07) is 0. The Morgan fingerprint density at radius 3 is 2.23 bits per heavy atom. The van der Waals surface area contributed by atoms with Gasteiger partial charge in [-0.1, -0.05) is 13.8 Å². The quantitative estimate of drug-likeness (QED) is 0.645. The largest absolute Gasteiger partial charge is 0.372 e. The molecule has 0 saturated carbocycles. The highest BCUT2D eigenvalue weighted by molar-refractivity contribution is 7.98. The van der Waals surface area contributed by atoms with Crippen LogP contribution in [0.25, 0.3) is 0 Å². The molecule has 1 fully saturated rings. The van der Waals surface area contributed by atoms with Crippen molar-refractivity contribution in [2.75, 3.05) is 24.7 Å². The molecule has 1 unspecified atom stereocenters. The van der Waals surface area contributed by atoms with Gasteiger partial charge in [0.25, 0.3) is 0 Å². The van der Waals surface area contributed by atoms with Crippen LogP contribution >= 0.6 is 0 Å². The van der Waals surface area contributed by atoms with Crippen molar-refractivity contribution in [3.8, 4) is 0 Å². The van der Waals surface area contributed by atoms with Crippen LogP contribution in [-0.2, 0) is 20.4 Å². The maximum absolute atomic E-state index is 11.7. The van der Waals surface area contributed by atoms with Gasteiger partial charge in [0, 0.05) is 16.8 Å². The second-order valence-electron chi connectivity index (χ2n) is 3.76. The van der Waals surface area contributed by atoms with E-state index in [0.717, 1.165) is 24.7 Å². The van der Waals surface area contributed by atoms with E-state index in [9.17, 15) is 4.79 Å². The summed E-state index contributed by atoms with van der Waals surface area (Å²) >= 11 is 0. The minimum absolute atomic E-state index is 0.186. The summed E-state index contributed by atoms with van der Waals surface area (Å²) in [5.41, 5.74) is 0. The molecule has 1 aliphatic heterocycles. The molecule has 1 saturated heterocycles. The van der Waals surface area contributed by atoms with Crippen LogP contribution in [0.5, 0.6) is 0 Å². The van der Waals surface area contributed by atoms with E-state index in [4.69, 9.17) is 4.74 Å². The second-order valence-corrected chi connectivity index (χ2v) is 6.36. The van der Waals surface area contributed by atoms with Crippen LogP contribution in [-0.4, -0.2) is 35.8 Å². The third-order valence-electron chi connectivity index (χ3n) is 2.45. The van der Waals surface area contributed by atoms with Crippen LogP contribution in [0, 0.1) is 5.92 Å². The molecule has 2 nitrogen and oxygen atoms in total. The average Bonchev–Trinajstić information content (AvgIpc) is 2.17. The zero-order chi connectivity index (χ0) is 9.84. The Morgan fingerprint density at radius 2 is 1.77 bits per heavy atom. The molecule has 0 bridgehead atoms. The summed E-state index contributed by atoms with van der Waals surface area (Å²) in [5.74, 6) is 2.77. The lowest BCUT2D eigenvalue weighted by Crippen LogP contribution is -2.39. The SMILES string of the molecule is CC(C)C(=O)C(C)[S+]1CCOCC1. The Balaban J connectivity index is 2.45. The number of ether oxygens (including phenoxy) is 1. The molecule has 1 aliphatic rings. The van der Waals surface area contributed by atoms with Gasteiger partial charge in [-0.2, -0.15) is 0 Å². The normalized spacial score (nSPS) is 21.8. The Labute approximate surface area is 83.4 Å². The minimum Gasteiger partial charge on any atom is -0.372 e. The molecule has 0 spiro atoms. The zero-order valence-electron chi connectivity index (χ0n) is 8.71. The topological polar surface area (TPSA) is 26.3 Å². The van der Waals surface area contributed by atoms with Crippen LogP contribution in [0.1, 0.15) is 20.8 Å². The first kappa shape index (κ1) is 11.1. The first-order valence-corrected chi connectivity index (χ1v) is 6.53. The fourth-order valence-corrected chi connectivity index (χ4v) is 3.70. The van der Waals surface area contributed by atoms with Crippen LogP contribution in [0.2, 0.25) is 0 Å². The molecule has 0 aromatic heterocycles. The van der Waals surface area contributed by atoms with Crippen LogP contribution in [0.3, 0.4) is 0 Å². The van der Waals surface area contributed by atoms with Crippen molar-refractivity contribution in [1.82, 2.24) is 0 Å². The van der Waals surface area contributed by atoms with E-state index < -0.39 is 0 Å². The molecule has 3 heteroatoms. The monoisotopic (exact) mass is 203 g/mol. The maximum Gasteiger partial charge on any atom is 0.187 e. The molecule has 0 amide bonds. The van der Waals surface area contributed by atoms with Gasteiger partial charge < -0.3 is 4.74 Å². The summed E-state index contributed by atoms with van der Waals surface area (Å²) in [5, 5.41) is 0.254. The highest BCUT2D eigenvalue weighted by atomic mass is 32.2. The van der Waals surface area contributed by atoms with E-state index in [0.29, 0.717) is 5.78 Å². The molecule has 13 heavy (non-hydrogen) atoms. The van der Waals surface area contributed by atoms with E-state index in [1.807, 2.05) is 13.8 Å². The van der Waals surface area contributed by atoms with Gasteiger partial charge in [0.05, 0.1) is 13.2 Å². The van der Waals surface area contributed by atoms with Crippen molar-refractivity contribution in [1.29, 1.82) is 0 Å². The molecule has 1 atom stereocenters. The lowest BCUT2D eigenvalue weighted by Gasteiger charge is -2.20. The van der Waals surface area contributed by atoms with Gasteiger partial charge in [-0.3, -0.25) is 4.79 Å². The van der Waals surface area contributed by atoms with Gasteiger partial charge in [-0.05, 0) is 6.92 Å². The third kappa shape index (κ3) is 2.99. The first-order chi connectivity index (χ1) is 6.13. The highest BCUT2D eigenvalue weighted by Gasteiger charge is 2.34. The highest BCUT2D eigenvalue weighted by Crippen LogP contribution is 2.15. The Morgan fingerprint density at radius 1 is 1.23 bits per heavy atom. The number of carbonyl (C=O) groups is 1. The maximum atomic E-state index is 11.7. The molecule has 1 rings (SSSR count). The van der Waals surface area contributed by atoms with Gasteiger partial charge in [0.1, 0.15) is 11.5 Å². The third-order valence-corrected chi connectivity index (χ3v) is 5.06. The molecule has 0 radical (unpaired) electrons. The van der Waals surface area contributed by atoms with Crippen molar-refractivity contribution in [2.24, 2.45) is 5.92 Å². The van der Waals surface area contributed by atoms with Gasteiger partial charge in [0.2, 0.25) is 0 Å². The molecule has 76 valence electrons. The lowest BCUT2D eigenvalue weighted by atomic mass is 10.1. The van der Waals surface area contributed by atoms with E-state index in [-0.39, 0.29) is 22.1 Å². The summed E-state index contributed by atoms with van der Waals surface area (Å²) in [6.07, 6.45) is 0. The van der Waals surface area contributed by atoms with Crippen LogP contribution in [0.15, 0.2) is 0 Å². The van der Waals surface area contributed by atoms with Crippen molar-refractivity contribution in [3.05, 3.63) is 0 Å². The minimum atomic E-state index is 0.186. The number of hydrogen-bond acceptors (Lipinski definition) is 2. The van der Waals surface area contributed by atoms with Crippen molar-refractivity contribution < 1.29 is 9.53 Å². The summed E-state index contributed by atoms with van der Waals surface area (Å²) in [6.45, 7) is 7.75. The van der Waals surface area contributed by atoms with Crippen LogP contribution in [0.4, 0.5) is 0 Å². The fraction of sp³-hybridized carbons (Fsp3) is 0.900. The first-order valence-electron chi connectivity index (χ1n) is 4.90. The number of carbonyl (C=O) groups excluding carboxylic acids is 1. The van der Waals surface area contributed by atoms with E-state index in [1.54, 1.807) is 0 Å².